The summed E-state index contributed by atoms with van der Waals surface area (Å²) in [6.45, 7) is 0. The van der Waals surface area contributed by atoms with E-state index >= 15 is 0 Å². The average molecular weight is 394 g/mol. The Labute approximate surface area is 158 Å². The van der Waals surface area contributed by atoms with Crippen LogP contribution in [0, 0.1) is 0 Å². The number of hydrogen-bond donors (Lipinski definition) is 2. The second kappa shape index (κ2) is 4.48. The molecule has 0 saturated heterocycles. The van der Waals surface area contributed by atoms with Gasteiger partial charge in [-0.25, -0.2) is 13.2 Å². The maximum absolute atomic E-state index is 12.7. The Morgan fingerprint density at radius 1 is 0.893 bits per heavy atom. The summed E-state index contributed by atoms with van der Waals surface area (Å²) < 4.78 is 36.7. The Bertz CT molecular complexity index is 1370. The molecule has 3 aromatic rings. The summed E-state index contributed by atoms with van der Waals surface area (Å²) in [5.74, 6) is -0.833. The number of fused-ring (bicyclic) bond motifs is 8. The lowest BCUT2D eigenvalue weighted by atomic mass is 9.77. The number of sulfone groups is 1. The number of benzene rings is 3. The van der Waals surface area contributed by atoms with E-state index in [1.807, 2.05) is 0 Å². The minimum absolute atomic E-state index is 0.0555. The van der Waals surface area contributed by atoms with Crippen LogP contribution in [0.5, 0.6) is 23.0 Å². The second-order valence-corrected chi connectivity index (χ2v) is 8.65. The number of phenolic OH excluding ortho intramolecular Hbond substituents is 2. The summed E-state index contributed by atoms with van der Waals surface area (Å²) >= 11 is 0. The van der Waals surface area contributed by atoms with E-state index < -0.39 is 27.2 Å². The molecule has 0 aliphatic carbocycles. The van der Waals surface area contributed by atoms with E-state index in [9.17, 15) is 23.4 Å². The first-order valence-electron chi connectivity index (χ1n) is 8.35. The van der Waals surface area contributed by atoms with Crippen LogP contribution in [0.15, 0.2) is 58.3 Å². The normalized spacial score (nSPS) is 21.8. The molecule has 1 unspecified atom stereocenters. The maximum Gasteiger partial charge on any atom is 0.340 e. The summed E-state index contributed by atoms with van der Waals surface area (Å²) in [5, 5.41) is 20.0. The van der Waals surface area contributed by atoms with Crippen molar-refractivity contribution >= 4 is 15.8 Å². The topological polar surface area (TPSA) is 110 Å². The van der Waals surface area contributed by atoms with E-state index in [1.165, 1.54) is 24.3 Å². The minimum atomic E-state index is -3.81. The first-order chi connectivity index (χ1) is 13.4. The number of esters is 1. The highest BCUT2D eigenvalue weighted by Gasteiger charge is 2.61. The van der Waals surface area contributed by atoms with Gasteiger partial charge in [0, 0.05) is 23.3 Å². The third-order valence-corrected chi connectivity index (χ3v) is 7.06. The number of carbonyl (C=O) groups is 1. The Balaban J connectivity index is 1.81. The summed E-state index contributed by atoms with van der Waals surface area (Å²) in [6, 6.07) is 12.2. The standard InChI is InChI=1S/C20H10O7S/c21-9-5-6-12-14(7-9)26-15-8-13(22)17-18(28(17,24)25)16(15)20(12)11-4-2-1-3-10(11)19(23)27-20/h1-8,21-22H. The molecule has 0 saturated carbocycles. The zero-order valence-electron chi connectivity index (χ0n) is 14.0. The lowest BCUT2D eigenvalue weighted by Crippen LogP contribution is -2.33. The summed E-state index contributed by atoms with van der Waals surface area (Å²) in [5.41, 5.74) is -0.199. The molecule has 6 rings (SSSR count). The molecule has 3 heterocycles. The number of aromatic hydroxyl groups is 2. The van der Waals surface area contributed by atoms with E-state index in [4.69, 9.17) is 9.47 Å². The van der Waals surface area contributed by atoms with Gasteiger partial charge >= 0.3 is 5.97 Å². The van der Waals surface area contributed by atoms with Crippen LogP contribution in [0.4, 0.5) is 0 Å². The number of ether oxygens (including phenoxy) is 2. The molecule has 1 spiro atoms. The molecule has 0 radical (unpaired) electrons. The smallest absolute Gasteiger partial charge is 0.340 e. The molecule has 1 atom stereocenters. The van der Waals surface area contributed by atoms with Crippen molar-refractivity contribution in [1.82, 2.24) is 0 Å². The van der Waals surface area contributed by atoms with Crippen molar-refractivity contribution < 1.29 is 32.9 Å². The van der Waals surface area contributed by atoms with Crippen LogP contribution < -0.4 is 4.74 Å². The molecule has 0 bridgehead atoms. The summed E-state index contributed by atoms with van der Waals surface area (Å²) in [6.07, 6.45) is 0. The molecule has 3 aliphatic rings. The van der Waals surface area contributed by atoms with Crippen LogP contribution in [0.2, 0.25) is 0 Å². The zero-order chi connectivity index (χ0) is 19.4. The first kappa shape index (κ1) is 15.5. The third kappa shape index (κ3) is 1.56. The number of carbonyl (C=O) groups excluding carboxylic acids is 1. The predicted molar refractivity (Wildman–Crippen MR) is 93.5 cm³/mol. The van der Waals surface area contributed by atoms with Gasteiger partial charge in [-0.3, -0.25) is 0 Å². The highest BCUT2D eigenvalue weighted by Crippen LogP contribution is 2.64. The number of phenols is 2. The molecule has 7 nitrogen and oxygen atoms in total. The molecule has 2 N–H and O–H groups in total. The van der Waals surface area contributed by atoms with Crippen LogP contribution in [-0.2, 0) is 20.2 Å². The van der Waals surface area contributed by atoms with Gasteiger partial charge in [0.15, 0.2) is 5.60 Å². The first-order valence-corrected chi connectivity index (χ1v) is 9.84. The van der Waals surface area contributed by atoms with Gasteiger partial charge in [0.05, 0.1) is 11.1 Å². The molecule has 8 heteroatoms. The summed E-state index contributed by atoms with van der Waals surface area (Å²) in [4.78, 5) is 12.4. The van der Waals surface area contributed by atoms with Gasteiger partial charge in [0.2, 0.25) is 9.84 Å². The largest absolute Gasteiger partial charge is 0.508 e. The van der Waals surface area contributed by atoms with E-state index in [0.29, 0.717) is 16.7 Å². The molecule has 3 aliphatic heterocycles. The molecular weight excluding hydrogens is 384 g/mol. The highest BCUT2D eigenvalue weighted by molar-refractivity contribution is 7.97. The van der Waals surface area contributed by atoms with Crippen molar-refractivity contribution in [2.75, 3.05) is 0 Å². The van der Waals surface area contributed by atoms with Gasteiger partial charge in [-0.05, 0) is 18.2 Å². The van der Waals surface area contributed by atoms with Crippen LogP contribution in [0.3, 0.4) is 0 Å². The maximum atomic E-state index is 12.7. The van der Waals surface area contributed by atoms with Crippen LogP contribution in [0.25, 0.3) is 0 Å². The Morgan fingerprint density at radius 3 is 2.50 bits per heavy atom. The van der Waals surface area contributed by atoms with Crippen LogP contribution >= 0.6 is 0 Å². The lowest BCUT2D eigenvalue weighted by molar-refractivity contribution is 0.0215. The highest BCUT2D eigenvalue weighted by atomic mass is 32.2. The van der Waals surface area contributed by atoms with Gasteiger partial charge in [-0.1, -0.05) is 18.2 Å². The van der Waals surface area contributed by atoms with Gasteiger partial charge in [0.25, 0.3) is 0 Å². The molecule has 3 aromatic carbocycles. The van der Waals surface area contributed by atoms with E-state index in [-0.39, 0.29) is 32.6 Å². The van der Waals surface area contributed by atoms with Crippen LogP contribution in [-0.4, -0.2) is 24.6 Å². The fourth-order valence-corrected chi connectivity index (χ4v) is 5.87. The SMILES string of the molecule is O=C1OC2(c3ccc(O)cc3Oc3cc(O)c4c(c32)S4(=O)=O)c2ccccc21. The summed E-state index contributed by atoms with van der Waals surface area (Å²) in [7, 11) is -3.81. The van der Waals surface area contributed by atoms with Crippen molar-refractivity contribution in [3.8, 4) is 23.0 Å². The van der Waals surface area contributed by atoms with Crippen molar-refractivity contribution in [1.29, 1.82) is 0 Å². The van der Waals surface area contributed by atoms with Gasteiger partial charge in [0.1, 0.15) is 32.8 Å². The van der Waals surface area contributed by atoms with Gasteiger partial charge in [-0.15, -0.1) is 0 Å². The molecule has 0 aromatic heterocycles. The number of rotatable bonds is 0. The number of hydrogen-bond acceptors (Lipinski definition) is 7. The van der Waals surface area contributed by atoms with Crippen molar-refractivity contribution in [2.24, 2.45) is 0 Å². The fourth-order valence-electron chi connectivity index (χ4n) is 4.23. The molecule has 138 valence electrons. The van der Waals surface area contributed by atoms with Gasteiger partial charge in [-0.2, -0.15) is 0 Å². The van der Waals surface area contributed by atoms with E-state index in [1.54, 1.807) is 24.3 Å². The minimum Gasteiger partial charge on any atom is -0.508 e. The average Bonchev–Trinajstić information content (AvgIpc) is 3.11. The van der Waals surface area contributed by atoms with Crippen LogP contribution in [0.1, 0.15) is 27.0 Å². The third-order valence-electron chi connectivity index (χ3n) is 5.36. The Morgan fingerprint density at radius 2 is 1.68 bits per heavy atom. The van der Waals surface area contributed by atoms with Crippen molar-refractivity contribution in [2.45, 2.75) is 15.4 Å². The molecule has 0 fully saturated rings. The zero-order valence-corrected chi connectivity index (χ0v) is 14.8. The second-order valence-electron chi connectivity index (χ2n) is 6.83. The van der Waals surface area contributed by atoms with Crippen molar-refractivity contribution in [3.63, 3.8) is 0 Å². The van der Waals surface area contributed by atoms with E-state index in [0.717, 1.165) is 0 Å². The Kier molecular flexibility index (Phi) is 2.48. The predicted octanol–water partition coefficient (Wildman–Crippen LogP) is 2.81. The Hall–Kier alpha value is -3.52. The molecule has 0 amide bonds. The molecular formula is C20H10O7S. The van der Waals surface area contributed by atoms with E-state index in [2.05, 4.69) is 0 Å². The van der Waals surface area contributed by atoms with Crippen molar-refractivity contribution in [3.05, 3.63) is 70.8 Å². The van der Waals surface area contributed by atoms with Gasteiger partial charge < -0.3 is 19.7 Å². The molecule has 28 heavy (non-hydrogen) atoms. The quantitative estimate of drug-likeness (QED) is 0.349. The monoisotopic (exact) mass is 394 g/mol. The fraction of sp³-hybridized carbons (Fsp3) is 0.0500. The lowest BCUT2D eigenvalue weighted by Gasteiger charge is -2.36.